The van der Waals surface area contributed by atoms with E-state index in [2.05, 4.69) is 12.3 Å². The molecule has 2 aliphatic carbocycles. The van der Waals surface area contributed by atoms with E-state index in [1.165, 1.54) is 12.1 Å². The second-order valence-electron chi connectivity index (χ2n) is 9.91. The minimum absolute atomic E-state index is 0.0192. The van der Waals surface area contributed by atoms with Gasteiger partial charge in [0.25, 0.3) is 0 Å². The molecule has 1 heterocycles. The molecule has 9 nitrogen and oxygen atoms in total. The zero-order valence-corrected chi connectivity index (χ0v) is 20.5. The van der Waals surface area contributed by atoms with E-state index in [4.69, 9.17) is 14.6 Å². The van der Waals surface area contributed by atoms with Crippen molar-refractivity contribution in [3.8, 4) is 11.5 Å². The summed E-state index contributed by atoms with van der Waals surface area (Å²) >= 11 is 0. The first-order chi connectivity index (χ1) is 17.7. The Morgan fingerprint density at radius 3 is 2.38 bits per heavy atom. The number of fused-ring (bicyclic) bond motifs is 2. The quantitative estimate of drug-likeness (QED) is 0.205. The number of benzene rings is 2. The molecule has 2 aromatic rings. The lowest BCUT2D eigenvalue weighted by atomic mass is 9.75. The van der Waals surface area contributed by atoms with Crippen molar-refractivity contribution in [1.29, 1.82) is 0 Å². The van der Waals surface area contributed by atoms with E-state index in [-0.39, 0.29) is 64.6 Å². The topological polar surface area (TPSA) is 167 Å². The first-order valence-electron chi connectivity index (χ1n) is 12.3. The number of hydrogen-bond acceptors (Lipinski definition) is 6. The molecule has 1 saturated heterocycles. The molecule has 0 bridgehead atoms. The normalized spacial score (nSPS) is 28.3. The molecule has 1 fully saturated rings. The fraction of sp³-hybridized carbons (Fsp3) is 0.357. The molecule has 0 radical (unpaired) electrons. The second-order valence-corrected chi connectivity index (χ2v) is 9.91. The third-order valence-corrected chi connectivity index (χ3v) is 7.61. The molecule has 3 aliphatic rings. The number of hydrogen-bond donors (Lipinski definition) is 4. The van der Waals surface area contributed by atoms with Crippen LogP contribution >= 0.6 is 0 Å². The summed E-state index contributed by atoms with van der Waals surface area (Å²) in [5.74, 6) is -1.31. The van der Waals surface area contributed by atoms with Crippen LogP contribution in [0.25, 0.3) is 0 Å². The molecule has 0 saturated carbocycles. The minimum atomic E-state index is -1.02. The summed E-state index contributed by atoms with van der Waals surface area (Å²) in [4.78, 5) is 26.8. The third-order valence-electron chi connectivity index (χ3n) is 7.61. The van der Waals surface area contributed by atoms with Crippen LogP contribution in [0.5, 0.6) is 11.5 Å². The van der Waals surface area contributed by atoms with Crippen LogP contribution in [0.4, 0.5) is 0 Å². The fourth-order valence-electron chi connectivity index (χ4n) is 5.66. The highest BCUT2D eigenvalue weighted by Crippen LogP contribution is 2.57. The van der Waals surface area contributed by atoms with Crippen LogP contribution in [0.1, 0.15) is 62.7 Å². The standard InChI is InChI=1S/C28H29NO8/c1-3-6-16-22(28(9-10-30)12-18(28)37-19-11-17(29)23(31)13(2)36-19)27(35)21-20(26(16)34)24(32)14-7-4-5-8-15(14)25(21)33/h3-5,7-8,12-13,17,19,23,30-31,34-35H,1,6,9-11,29H2,2H3/p+3. The van der Waals surface area contributed by atoms with Crippen LogP contribution in [0, 0.1) is 0 Å². The molecule has 9 heteroatoms. The minimum Gasteiger partial charge on any atom is -0.563 e. The number of phenols is 2. The molecule has 0 aromatic heterocycles. The number of aromatic hydroxyl groups is 2. The molecule has 9 N–H and O–H groups in total. The number of carbonyl (C=O) groups is 2. The van der Waals surface area contributed by atoms with Crippen LogP contribution in [0.3, 0.4) is 0 Å². The van der Waals surface area contributed by atoms with Gasteiger partial charge in [-0.05, 0) is 13.3 Å². The number of phenolic OH excluding ortho intramolecular Hbond substituents is 2. The van der Waals surface area contributed by atoms with Crippen LogP contribution < -0.4 is 5.73 Å². The first kappa shape index (κ1) is 25.2. The van der Waals surface area contributed by atoms with E-state index in [9.17, 15) is 24.9 Å². The molecule has 5 atom stereocenters. The molecule has 0 amide bonds. The summed E-state index contributed by atoms with van der Waals surface area (Å²) in [5, 5.41) is 41.1. The Balaban J connectivity index is 1.61. The van der Waals surface area contributed by atoms with E-state index >= 15 is 0 Å². The van der Waals surface area contributed by atoms with Crippen molar-refractivity contribution >= 4 is 11.6 Å². The fourth-order valence-corrected chi connectivity index (χ4v) is 5.66. The number of carbonyl (C=O) groups excluding carboxylic acids is 2. The third kappa shape index (κ3) is 3.77. The van der Waals surface area contributed by atoms with Gasteiger partial charge in [0.15, 0.2) is 11.6 Å². The van der Waals surface area contributed by atoms with E-state index in [0.29, 0.717) is 12.2 Å². The number of ketones is 2. The van der Waals surface area contributed by atoms with E-state index in [0.717, 1.165) is 0 Å². The molecule has 0 spiro atoms. The molecule has 5 unspecified atom stereocenters. The Bertz CT molecular complexity index is 1340. The summed E-state index contributed by atoms with van der Waals surface area (Å²) in [7, 11) is 0. The van der Waals surface area contributed by atoms with Gasteiger partial charge in [0.2, 0.25) is 5.76 Å². The van der Waals surface area contributed by atoms with Crippen LogP contribution in [-0.2, 0) is 16.6 Å². The maximum atomic E-state index is 13.5. The van der Waals surface area contributed by atoms with Crippen LogP contribution in [0.15, 0.2) is 48.8 Å². The van der Waals surface area contributed by atoms with Crippen molar-refractivity contribution in [1.82, 2.24) is 0 Å². The maximum Gasteiger partial charge on any atom is 0.301 e. The SMILES string of the molecule is C=CCc1c(O)c2c(c(O)c1C1(CC[OH2+])C=C1[OH+]C1CC([NH3+])C(O)C(C)O1)C(=O)c1ccccc1C2=O. The van der Waals surface area contributed by atoms with Gasteiger partial charge in [-0.15, -0.1) is 6.58 Å². The molecule has 37 heavy (non-hydrogen) atoms. The van der Waals surface area contributed by atoms with Crippen molar-refractivity contribution in [2.75, 3.05) is 6.61 Å². The van der Waals surface area contributed by atoms with Gasteiger partial charge < -0.3 is 30.9 Å². The second kappa shape index (κ2) is 9.11. The summed E-state index contributed by atoms with van der Waals surface area (Å²) in [5.41, 5.74) is 3.36. The van der Waals surface area contributed by atoms with E-state index in [1.54, 1.807) is 31.2 Å². The summed E-state index contributed by atoms with van der Waals surface area (Å²) in [6, 6.07) is 6.04. The van der Waals surface area contributed by atoms with Gasteiger partial charge in [0.1, 0.15) is 42.1 Å². The zero-order valence-electron chi connectivity index (χ0n) is 20.5. The van der Waals surface area contributed by atoms with Crippen molar-refractivity contribution < 1.29 is 45.2 Å². The van der Waals surface area contributed by atoms with Gasteiger partial charge in [-0.2, -0.15) is 0 Å². The maximum absolute atomic E-state index is 13.5. The van der Waals surface area contributed by atoms with Crippen LogP contribution in [0.2, 0.25) is 0 Å². The number of quaternary nitrogens is 1. The lowest BCUT2D eigenvalue weighted by molar-refractivity contribution is -0.469. The van der Waals surface area contributed by atoms with Gasteiger partial charge >= 0.3 is 6.29 Å². The van der Waals surface area contributed by atoms with Gasteiger partial charge in [-0.1, -0.05) is 30.3 Å². The highest BCUT2D eigenvalue weighted by Gasteiger charge is 2.59. The van der Waals surface area contributed by atoms with Crippen molar-refractivity contribution in [3.05, 3.63) is 82.1 Å². The molecule has 1 aliphatic heterocycles. The first-order valence-corrected chi connectivity index (χ1v) is 12.3. The number of rotatable bonds is 7. The van der Waals surface area contributed by atoms with E-state index < -0.39 is 41.2 Å². The smallest absolute Gasteiger partial charge is 0.301 e. The Morgan fingerprint density at radius 1 is 1.19 bits per heavy atom. The number of allylic oxidation sites excluding steroid dienone is 3. The highest BCUT2D eigenvalue weighted by molar-refractivity contribution is 6.30. The van der Waals surface area contributed by atoms with Gasteiger partial charge in [-0.3, -0.25) is 14.3 Å². The van der Waals surface area contributed by atoms with Gasteiger partial charge in [0, 0.05) is 34.8 Å². The Morgan fingerprint density at radius 2 is 1.81 bits per heavy atom. The summed E-state index contributed by atoms with van der Waals surface area (Å²) in [6.45, 7) is 5.49. The average molecular weight is 511 g/mol. The lowest BCUT2D eigenvalue weighted by Gasteiger charge is -2.32. The summed E-state index contributed by atoms with van der Waals surface area (Å²) < 4.78 is 10.6. The van der Waals surface area contributed by atoms with Gasteiger partial charge in [0.05, 0.1) is 17.2 Å². The van der Waals surface area contributed by atoms with Crippen molar-refractivity contribution in [3.63, 3.8) is 0 Å². The molecule has 2 aromatic carbocycles. The average Bonchev–Trinajstić information content (AvgIpc) is 3.55. The Kier molecular flexibility index (Phi) is 6.19. The molecular weight excluding hydrogens is 478 g/mol. The predicted molar refractivity (Wildman–Crippen MR) is 134 cm³/mol. The Labute approximate surface area is 213 Å². The van der Waals surface area contributed by atoms with Crippen LogP contribution in [-0.4, -0.2) is 67.9 Å². The monoisotopic (exact) mass is 510 g/mol. The van der Waals surface area contributed by atoms with Gasteiger partial charge in [-0.25, -0.2) is 0 Å². The molecular formula is C28H32NO8+3. The predicted octanol–water partition coefficient (Wildman–Crippen LogP) is 0.486. The van der Waals surface area contributed by atoms with Crippen molar-refractivity contribution in [2.45, 2.75) is 56.1 Å². The summed E-state index contributed by atoms with van der Waals surface area (Å²) in [6.07, 6.45) is 2.34. The zero-order chi connectivity index (χ0) is 26.6. The number of ether oxygens (including phenoxy) is 2. The number of aliphatic hydroxyl groups is 3. The molecule has 194 valence electrons. The molecule has 5 rings (SSSR count). The van der Waals surface area contributed by atoms with E-state index in [1.807, 2.05) is 0 Å². The Hall–Kier alpha value is -3.50. The number of aliphatic hydroxyl groups excluding tert-OH is 1. The largest absolute Gasteiger partial charge is 0.563 e. The van der Waals surface area contributed by atoms with Crippen molar-refractivity contribution in [2.24, 2.45) is 0 Å². The highest BCUT2D eigenvalue weighted by atomic mass is 16.7. The lowest BCUT2D eigenvalue weighted by Crippen LogP contribution is -2.71.